The van der Waals surface area contributed by atoms with Gasteiger partial charge in [0.1, 0.15) is 0 Å². The van der Waals surface area contributed by atoms with Gasteiger partial charge in [0.05, 0.1) is 0 Å². The first-order chi connectivity index (χ1) is 7.97. The molecule has 0 amide bonds. The first-order valence-electron chi connectivity index (χ1n) is 7.09. The second-order valence-corrected chi connectivity index (χ2v) is 6.88. The molecule has 0 aromatic carbocycles. The van der Waals surface area contributed by atoms with Crippen LogP contribution in [0.1, 0.15) is 34.1 Å². The first kappa shape index (κ1) is 13.1. The van der Waals surface area contributed by atoms with Crippen LogP contribution in [0.25, 0.3) is 0 Å². The van der Waals surface area contributed by atoms with E-state index in [9.17, 15) is 0 Å². The van der Waals surface area contributed by atoms with E-state index >= 15 is 0 Å². The molecule has 0 aromatic heterocycles. The van der Waals surface area contributed by atoms with Crippen molar-refractivity contribution in [2.24, 2.45) is 17.3 Å². The van der Waals surface area contributed by atoms with Gasteiger partial charge in [-0.3, -0.25) is 4.90 Å². The maximum absolute atomic E-state index is 3.38. The molecule has 2 aliphatic heterocycles. The number of nitrogens with zero attached hydrogens (tertiary/aromatic N) is 1. The van der Waals surface area contributed by atoms with Gasteiger partial charge in [0.25, 0.3) is 0 Å². The Hall–Kier alpha value is -0.340. The molecule has 0 aromatic rings. The van der Waals surface area contributed by atoms with Crippen LogP contribution >= 0.6 is 0 Å². The van der Waals surface area contributed by atoms with Crippen molar-refractivity contribution in [3.63, 3.8) is 0 Å². The van der Waals surface area contributed by atoms with Crippen LogP contribution in [0.2, 0.25) is 0 Å². The van der Waals surface area contributed by atoms with Crippen LogP contribution < -0.4 is 5.32 Å². The monoisotopic (exact) mass is 236 g/mol. The number of hydrogen-bond acceptors (Lipinski definition) is 2. The van der Waals surface area contributed by atoms with Crippen LogP contribution in [0.15, 0.2) is 11.6 Å². The lowest BCUT2D eigenvalue weighted by Gasteiger charge is -2.38. The molecule has 0 radical (unpaired) electrons. The minimum absolute atomic E-state index is 0.371. The highest BCUT2D eigenvalue weighted by Gasteiger charge is 2.26. The molecule has 2 aliphatic rings. The summed E-state index contributed by atoms with van der Waals surface area (Å²) in [5.74, 6) is 1.77. The standard InChI is InChI=1S/C15H28N2/c1-12(13-9-16-10-13)11-17-7-5-14(6-8-17)15(2,3)4/h5,12-13,16H,6-11H2,1-4H3. The van der Waals surface area contributed by atoms with Crippen molar-refractivity contribution in [3.8, 4) is 0 Å². The van der Waals surface area contributed by atoms with Gasteiger partial charge in [0.2, 0.25) is 0 Å². The van der Waals surface area contributed by atoms with Gasteiger partial charge in [-0.2, -0.15) is 0 Å². The molecule has 1 fully saturated rings. The summed E-state index contributed by atoms with van der Waals surface area (Å²) < 4.78 is 0. The molecule has 2 nitrogen and oxygen atoms in total. The van der Waals surface area contributed by atoms with E-state index in [0.717, 1.165) is 18.4 Å². The quantitative estimate of drug-likeness (QED) is 0.758. The molecule has 98 valence electrons. The summed E-state index contributed by atoms with van der Waals surface area (Å²) in [6.07, 6.45) is 3.73. The average molecular weight is 236 g/mol. The molecule has 1 unspecified atom stereocenters. The summed E-state index contributed by atoms with van der Waals surface area (Å²) in [7, 11) is 0. The Balaban J connectivity index is 1.80. The van der Waals surface area contributed by atoms with E-state index in [2.05, 4.69) is 44.0 Å². The Bertz CT molecular complexity index is 284. The third-order valence-electron chi connectivity index (χ3n) is 4.42. The largest absolute Gasteiger partial charge is 0.316 e. The lowest BCUT2D eigenvalue weighted by atomic mass is 9.82. The lowest BCUT2D eigenvalue weighted by molar-refractivity contribution is 0.170. The molecular weight excluding hydrogens is 208 g/mol. The highest BCUT2D eigenvalue weighted by Crippen LogP contribution is 2.30. The van der Waals surface area contributed by atoms with Crippen LogP contribution in [-0.4, -0.2) is 37.6 Å². The Morgan fingerprint density at radius 1 is 1.41 bits per heavy atom. The fourth-order valence-corrected chi connectivity index (χ4v) is 2.83. The van der Waals surface area contributed by atoms with Gasteiger partial charge in [-0.25, -0.2) is 0 Å². The van der Waals surface area contributed by atoms with Crippen molar-refractivity contribution < 1.29 is 0 Å². The number of nitrogens with one attached hydrogen (secondary N) is 1. The van der Waals surface area contributed by atoms with E-state index in [4.69, 9.17) is 0 Å². The minimum atomic E-state index is 0.371. The molecule has 17 heavy (non-hydrogen) atoms. The molecule has 1 N–H and O–H groups in total. The lowest BCUT2D eigenvalue weighted by Crippen LogP contribution is -2.48. The van der Waals surface area contributed by atoms with Gasteiger partial charge in [-0.05, 0) is 36.8 Å². The van der Waals surface area contributed by atoms with Gasteiger partial charge >= 0.3 is 0 Å². The van der Waals surface area contributed by atoms with Crippen LogP contribution in [0.4, 0.5) is 0 Å². The third-order valence-corrected chi connectivity index (χ3v) is 4.42. The molecule has 2 heterocycles. The van der Waals surface area contributed by atoms with Crippen LogP contribution in [0.5, 0.6) is 0 Å². The van der Waals surface area contributed by atoms with Crippen molar-refractivity contribution in [1.29, 1.82) is 0 Å². The maximum Gasteiger partial charge on any atom is 0.0166 e. The summed E-state index contributed by atoms with van der Waals surface area (Å²) in [5.41, 5.74) is 2.02. The Kier molecular flexibility index (Phi) is 3.94. The van der Waals surface area contributed by atoms with E-state index in [-0.39, 0.29) is 0 Å². The van der Waals surface area contributed by atoms with Crippen LogP contribution in [0, 0.1) is 17.3 Å². The fourth-order valence-electron chi connectivity index (χ4n) is 2.83. The summed E-state index contributed by atoms with van der Waals surface area (Å²) in [4.78, 5) is 2.62. The molecule has 0 saturated carbocycles. The van der Waals surface area contributed by atoms with Gasteiger partial charge < -0.3 is 5.32 Å². The maximum atomic E-state index is 3.38. The topological polar surface area (TPSA) is 15.3 Å². The van der Waals surface area contributed by atoms with Crippen LogP contribution in [-0.2, 0) is 0 Å². The zero-order valence-corrected chi connectivity index (χ0v) is 11.9. The normalized spacial score (nSPS) is 25.3. The van der Waals surface area contributed by atoms with Crippen molar-refractivity contribution in [1.82, 2.24) is 10.2 Å². The molecule has 0 spiro atoms. The highest BCUT2D eigenvalue weighted by molar-refractivity contribution is 5.14. The van der Waals surface area contributed by atoms with E-state index in [1.54, 1.807) is 5.57 Å². The highest BCUT2D eigenvalue weighted by atomic mass is 15.1. The molecular formula is C15H28N2. The molecule has 0 bridgehead atoms. The molecule has 0 aliphatic carbocycles. The van der Waals surface area contributed by atoms with E-state index in [0.29, 0.717) is 5.41 Å². The average Bonchev–Trinajstić information content (AvgIpc) is 2.13. The smallest absolute Gasteiger partial charge is 0.0166 e. The molecule has 2 heteroatoms. The van der Waals surface area contributed by atoms with Crippen molar-refractivity contribution in [2.75, 3.05) is 32.7 Å². The third kappa shape index (κ3) is 3.32. The number of rotatable bonds is 3. The van der Waals surface area contributed by atoms with Crippen molar-refractivity contribution in [3.05, 3.63) is 11.6 Å². The molecule has 1 saturated heterocycles. The van der Waals surface area contributed by atoms with Crippen molar-refractivity contribution in [2.45, 2.75) is 34.1 Å². The predicted molar refractivity (Wildman–Crippen MR) is 74.1 cm³/mol. The molecule has 1 atom stereocenters. The number of hydrogen-bond donors (Lipinski definition) is 1. The summed E-state index contributed by atoms with van der Waals surface area (Å²) in [5, 5.41) is 3.38. The first-order valence-corrected chi connectivity index (χ1v) is 7.09. The Morgan fingerprint density at radius 2 is 2.12 bits per heavy atom. The summed E-state index contributed by atoms with van der Waals surface area (Å²) in [6, 6.07) is 0. The molecule has 2 rings (SSSR count). The van der Waals surface area contributed by atoms with Crippen LogP contribution in [0.3, 0.4) is 0 Å². The SMILES string of the molecule is CC(CN1CC=C(C(C)(C)C)CC1)C1CNC1. The van der Waals surface area contributed by atoms with Gasteiger partial charge in [0, 0.05) is 19.6 Å². The van der Waals surface area contributed by atoms with E-state index < -0.39 is 0 Å². The zero-order valence-electron chi connectivity index (χ0n) is 11.9. The Morgan fingerprint density at radius 3 is 2.53 bits per heavy atom. The second kappa shape index (κ2) is 5.11. The van der Waals surface area contributed by atoms with Gasteiger partial charge in [-0.1, -0.05) is 39.3 Å². The second-order valence-electron chi connectivity index (χ2n) is 6.88. The predicted octanol–water partition coefficient (Wildman–Crippen LogP) is 2.52. The van der Waals surface area contributed by atoms with Crippen molar-refractivity contribution >= 4 is 0 Å². The fraction of sp³-hybridized carbons (Fsp3) is 0.867. The zero-order chi connectivity index (χ0) is 12.5. The van der Waals surface area contributed by atoms with E-state index in [1.165, 1.54) is 32.6 Å². The van der Waals surface area contributed by atoms with Gasteiger partial charge in [-0.15, -0.1) is 0 Å². The summed E-state index contributed by atoms with van der Waals surface area (Å²) >= 11 is 0. The van der Waals surface area contributed by atoms with Gasteiger partial charge in [0.15, 0.2) is 0 Å². The van der Waals surface area contributed by atoms with E-state index in [1.807, 2.05) is 0 Å². The Labute approximate surface area is 106 Å². The minimum Gasteiger partial charge on any atom is -0.316 e. The summed E-state index contributed by atoms with van der Waals surface area (Å²) in [6.45, 7) is 15.6.